The highest BCUT2D eigenvalue weighted by Gasteiger charge is 2.21. The van der Waals surface area contributed by atoms with E-state index < -0.39 is 0 Å². The van der Waals surface area contributed by atoms with Crippen LogP contribution in [0.5, 0.6) is 5.75 Å². The maximum atomic E-state index is 6.29. The third-order valence-corrected chi connectivity index (χ3v) is 5.06. The molecule has 0 saturated carbocycles. The zero-order chi connectivity index (χ0) is 17.9. The number of pyridine rings is 1. The highest BCUT2D eigenvalue weighted by Crippen LogP contribution is 2.26. The summed E-state index contributed by atoms with van der Waals surface area (Å²) in [4.78, 5) is 6.63. The van der Waals surface area contributed by atoms with Gasteiger partial charge in [-0.05, 0) is 61.5 Å². The van der Waals surface area contributed by atoms with E-state index in [0.717, 1.165) is 42.6 Å². The van der Waals surface area contributed by atoms with Crippen molar-refractivity contribution in [2.45, 2.75) is 32.4 Å². The fourth-order valence-corrected chi connectivity index (χ4v) is 3.65. The number of rotatable bonds is 4. The number of fused-ring (bicyclic) bond motifs is 1. The number of piperidine rings is 1. The first-order valence-electron chi connectivity index (χ1n) is 9.26. The van der Waals surface area contributed by atoms with Gasteiger partial charge in [-0.2, -0.15) is 0 Å². The number of anilines is 1. The summed E-state index contributed by atoms with van der Waals surface area (Å²) in [5, 5.41) is 2.05. The molecule has 3 aromatic rings. The molecule has 0 amide bonds. The average Bonchev–Trinajstić information content (AvgIpc) is 2.64. The largest absolute Gasteiger partial charge is 0.489 e. The Balaban J connectivity index is 1.42. The summed E-state index contributed by atoms with van der Waals surface area (Å²) in [6.07, 6.45) is 4.23. The van der Waals surface area contributed by atoms with Gasteiger partial charge in [0, 0.05) is 24.7 Å². The van der Waals surface area contributed by atoms with Gasteiger partial charge in [0.2, 0.25) is 0 Å². The second-order valence-corrected chi connectivity index (χ2v) is 7.18. The molecule has 0 aliphatic carbocycles. The Hall–Kier alpha value is -2.59. The lowest BCUT2D eigenvalue weighted by Crippen LogP contribution is -2.40. The van der Waals surface area contributed by atoms with Crippen LogP contribution in [0, 0.1) is 6.92 Å². The van der Waals surface area contributed by atoms with Crippen molar-refractivity contribution in [2.75, 3.05) is 18.8 Å². The van der Waals surface area contributed by atoms with Gasteiger partial charge in [-0.1, -0.05) is 29.8 Å². The molecule has 4 rings (SSSR count). The fourth-order valence-electron chi connectivity index (χ4n) is 3.65. The molecule has 2 N–H and O–H groups in total. The van der Waals surface area contributed by atoms with E-state index in [1.54, 1.807) is 6.20 Å². The van der Waals surface area contributed by atoms with Crippen LogP contribution in [0.2, 0.25) is 0 Å². The summed E-state index contributed by atoms with van der Waals surface area (Å²) in [7, 11) is 0. The maximum absolute atomic E-state index is 6.29. The van der Waals surface area contributed by atoms with E-state index in [-0.39, 0.29) is 6.10 Å². The Morgan fingerprint density at radius 3 is 2.85 bits per heavy atom. The van der Waals surface area contributed by atoms with Crippen molar-refractivity contribution in [3.05, 3.63) is 65.9 Å². The summed E-state index contributed by atoms with van der Waals surface area (Å²) in [6.45, 7) is 5.21. The zero-order valence-corrected chi connectivity index (χ0v) is 15.2. The quantitative estimate of drug-likeness (QED) is 0.770. The third-order valence-electron chi connectivity index (χ3n) is 5.06. The lowest BCUT2D eigenvalue weighted by atomic mass is 10.1. The number of nitrogens with zero attached hydrogens (tertiary/aromatic N) is 2. The first-order chi connectivity index (χ1) is 12.7. The molecule has 1 atom stereocenters. The summed E-state index contributed by atoms with van der Waals surface area (Å²) < 4.78 is 6.29. The van der Waals surface area contributed by atoms with Crippen molar-refractivity contribution >= 4 is 16.6 Å². The summed E-state index contributed by atoms with van der Waals surface area (Å²) in [6, 6.07) is 16.9. The van der Waals surface area contributed by atoms with Crippen molar-refractivity contribution in [3.8, 4) is 5.75 Å². The number of likely N-dealkylation sites (tertiary alicyclic amines) is 1. The van der Waals surface area contributed by atoms with E-state index in [0.29, 0.717) is 5.82 Å². The second kappa shape index (κ2) is 7.34. The molecule has 1 aliphatic heterocycles. The number of benzene rings is 2. The SMILES string of the molecule is Cc1ccc(CN2CCC[C@H](Oc3ccc4c(N)nccc4c3)C2)cc1. The Bertz CT molecular complexity index is 892. The molecule has 2 heterocycles. The predicted octanol–water partition coefficient (Wildman–Crippen LogP) is 4.17. The highest BCUT2D eigenvalue weighted by molar-refractivity contribution is 5.91. The van der Waals surface area contributed by atoms with Gasteiger partial charge in [0.15, 0.2) is 0 Å². The molecular formula is C22H25N3O. The molecule has 1 fully saturated rings. The minimum Gasteiger partial charge on any atom is -0.489 e. The summed E-state index contributed by atoms with van der Waals surface area (Å²) in [5.74, 6) is 1.47. The van der Waals surface area contributed by atoms with E-state index >= 15 is 0 Å². The van der Waals surface area contributed by atoms with Gasteiger partial charge in [-0.15, -0.1) is 0 Å². The number of nitrogen functional groups attached to an aromatic ring is 1. The molecule has 1 aliphatic rings. The van der Waals surface area contributed by atoms with Crippen LogP contribution in [0.15, 0.2) is 54.7 Å². The van der Waals surface area contributed by atoms with Crippen molar-refractivity contribution in [1.82, 2.24) is 9.88 Å². The molecule has 26 heavy (non-hydrogen) atoms. The molecular weight excluding hydrogens is 322 g/mol. The maximum Gasteiger partial charge on any atom is 0.131 e. The predicted molar refractivity (Wildman–Crippen MR) is 106 cm³/mol. The first-order valence-corrected chi connectivity index (χ1v) is 9.26. The molecule has 1 aromatic heterocycles. The summed E-state index contributed by atoms with van der Waals surface area (Å²) >= 11 is 0. The van der Waals surface area contributed by atoms with Crippen LogP contribution in [-0.2, 0) is 6.54 Å². The van der Waals surface area contributed by atoms with Gasteiger partial charge in [-0.25, -0.2) is 4.98 Å². The van der Waals surface area contributed by atoms with Crippen molar-refractivity contribution < 1.29 is 4.74 Å². The van der Waals surface area contributed by atoms with E-state index in [1.807, 2.05) is 18.2 Å². The number of nitrogens with two attached hydrogens (primary N) is 1. The van der Waals surface area contributed by atoms with Gasteiger partial charge in [0.05, 0.1) is 0 Å². The smallest absolute Gasteiger partial charge is 0.131 e. The average molecular weight is 347 g/mol. The van der Waals surface area contributed by atoms with Gasteiger partial charge in [0.1, 0.15) is 17.7 Å². The molecule has 4 nitrogen and oxygen atoms in total. The van der Waals surface area contributed by atoms with Crippen LogP contribution in [0.1, 0.15) is 24.0 Å². The van der Waals surface area contributed by atoms with Crippen molar-refractivity contribution in [2.24, 2.45) is 0 Å². The number of aryl methyl sites for hydroxylation is 1. The molecule has 0 bridgehead atoms. The van der Waals surface area contributed by atoms with Gasteiger partial charge in [0.25, 0.3) is 0 Å². The van der Waals surface area contributed by atoms with Crippen LogP contribution in [0.25, 0.3) is 10.8 Å². The zero-order valence-electron chi connectivity index (χ0n) is 15.2. The molecule has 2 aromatic carbocycles. The Kier molecular flexibility index (Phi) is 4.76. The molecule has 0 unspecified atom stereocenters. The number of hydrogen-bond acceptors (Lipinski definition) is 4. The number of ether oxygens (including phenoxy) is 1. The van der Waals surface area contributed by atoms with Crippen LogP contribution in [-0.4, -0.2) is 29.1 Å². The Morgan fingerprint density at radius 1 is 1.15 bits per heavy atom. The van der Waals surface area contributed by atoms with Crippen LogP contribution in [0.4, 0.5) is 5.82 Å². The molecule has 0 spiro atoms. The lowest BCUT2D eigenvalue weighted by molar-refractivity contribution is 0.0844. The summed E-state index contributed by atoms with van der Waals surface area (Å²) in [5.41, 5.74) is 8.60. The minimum absolute atomic E-state index is 0.228. The monoisotopic (exact) mass is 347 g/mol. The van der Waals surface area contributed by atoms with Crippen LogP contribution in [0.3, 0.4) is 0 Å². The third kappa shape index (κ3) is 3.81. The molecule has 1 saturated heterocycles. The van der Waals surface area contributed by atoms with Crippen molar-refractivity contribution in [1.29, 1.82) is 0 Å². The van der Waals surface area contributed by atoms with E-state index in [2.05, 4.69) is 47.1 Å². The highest BCUT2D eigenvalue weighted by atomic mass is 16.5. The standard InChI is InChI=1S/C22H25N3O/c1-16-4-6-17(7-5-16)14-25-12-2-3-20(15-25)26-19-8-9-21-18(13-19)10-11-24-22(21)23/h4-11,13,20H,2-3,12,14-15H2,1H3,(H2,23,24)/t20-/m0/s1. The number of aromatic nitrogens is 1. The van der Waals surface area contributed by atoms with Crippen LogP contribution >= 0.6 is 0 Å². The Labute approximate surface area is 154 Å². The first kappa shape index (κ1) is 16.9. The van der Waals surface area contributed by atoms with E-state index in [4.69, 9.17) is 10.5 Å². The molecule has 0 radical (unpaired) electrons. The van der Waals surface area contributed by atoms with Gasteiger partial charge < -0.3 is 10.5 Å². The second-order valence-electron chi connectivity index (χ2n) is 7.18. The topological polar surface area (TPSA) is 51.4 Å². The van der Waals surface area contributed by atoms with E-state index in [1.165, 1.54) is 17.5 Å². The lowest BCUT2D eigenvalue weighted by Gasteiger charge is -2.33. The molecule has 134 valence electrons. The fraction of sp³-hybridized carbons (Fsp3) is 0.318. The Morgan fingerprint density at radius 2 is 2.00 bits per heavy atom. The van der Waals surface area contributed by atoms with Crippen molar-refractivity contribution in [3.63, 3.8) is 0 Å². The molecule has 4 heteroatoms. The van der Waals surface area contributed by atoms with E-state index in [9.17, 15) is 0 Å². The number of hydrogen-bond donors (Lipinski definition) is 1. The minimum atomic E-state index is 0.228. The van der Waals surface area contributed by atoms with Crippen LogP contribution < -0.4 is 10.5 Å². The normalized spacial score (nSPS) is 18.1. The van der Waals surface area contributed by atoms with Gasteiger partial charge in [-0.3, -0.25) is 4.90 Å². The van der Waals surface area contributed by atoms with Gasteiger partial charge >= 0.3 is 0 Å².